The Hall–Kier alpha value is -2.43. The Morgan fingerprint density at radius 3 is 2.77 bits per heavy atom. The molecule has 0 aromatic heterocycles. The van der Waals surface area contributed by atoms with Gasteiger partial charge in [-0.25, -0.2) is 0 Å². The lowest BCUT2D eigenvalue weighted by molar-refractivity contribution is 0.330. The molecule has 0 heterocycles. The van der Waals surface area contributed by atoms with E-state index in [2.05, 4.69) is 32.1 Å². The molecule has 0 bridgehead atoms. The fourth-order valence-electron chi connectivity index (χ4n) is 1.95. The van der Waals surface area contributed by atoms with Crippen LogP contribution in [0.15, 0.2) is 57.1 Å². The van der Waals surface area contributed by atoms with E-state index in [1.807, 2.05) is 30.3 Å². The lowest BCUT2D eigenvalue weighted by atomic mass is 10.2. The zero-order valence-electron chi connectivity index (χ0n) is 14.2. The zero-order chi connectivity index (χ0) is 18.8. The van der Waals surface area contributed by atoms with Gasteiger partial charge in [0.1, 0.15) is 6.61 Å². The molecule has 2 N–H and O–H groups in total. The number of nitrogens with two attached hydrogens (primary N) is 1. The van der Waals surface area contributed by atoms with Gasteiger partial charge in [0.05, 0.1) is 13.3 Å². The van der Waals surface area contributed by atoms with Crippen LogP contribution in [0.2, 0.25) is 0 Å². The van der Waals surface area contributed by atoms with Crippen molar-refractivity contribution in [2.45, 2.75) is 5.75 Å². The van der Waals surface area contributed by atoms with Crippen LogP contribution in [0.3, 0.4) is 0 Å². The number of nitrogens with zero attached hydrogens (tertiary/aromatic N) is 2. The molecule has 0 amide bonds. The zero-order valence-corrected chi connectivity index (χ0v) is 16.6. The molecule has 0 saturated carbocycles. The number of benzene rings is 2. The van der Waals surface area contributed by atoms with Crippen molar-refractivity contribution >= 4 is 39.1 Å². The van der Waals surface area contributed by atoms with Gasteiger partial charge >= 0.3 is 0 Å². The number of methoxy groups -OCH3 is 1. The maximum Gasteiger partial charge on any atom is 0.180 e. The summed E-state index contributed by atoms with van der Waals surface area (Å²) in [4.78, 5) is 0. The molecule has 7 heteroatoms. The maximum absolute atomic E-state index is 5.88. The highest BCUT2D eigenvalue weighted by molar-refractivity contribution is 9.10. The second kappa shape index (κ2) is 10.5. The third-order valence-corrected chi connectivity index (χ3v) is 4.72. The summed E-state index contributed by atoms with van der Waals surface area (Å²) < 4.78 is 11.5. The fraction of sp³-hybridized carbons (Fsp3) is 0.158. The van der Waals surface area contributed by atoms with Crippen LogP contribution in [-0.2, 0) is 5.75 Å². The molecule has 2 aromatic carbocycles. The van der Waals surface area contributed by atoms with Crippen molar-refractivity contribution in [2.24, 2.45) is 15.9 Å². The Morgan fingerprint density at radius 1 is 1.31 bits per heavy atom. The standard InChI is InChI=1S/C19H18BrN3O2S/c1-3-9-25-18-11-16(20)15(10-17(18)24-2)12-22-23-19(21)26-13-14-7-5-4-6-8-14/h1,4-8,10-12H,9,13H2,2H3,(H2,21,23). The minimum Gasteiger partial charge on any atom is -0.493 e. The molecule has 0 unspecified atom stereocenters. The van der Waals surface area contributed by atoms with Gasteiger partial charge in [-0.1, -0.05) is 48.0 Å². The number of rotatable bonds is 7. The minimum atomic E-state index is 0.162. The number of hydrogen-bond donors (Lipinski definition) is 1. The van der Waals surface area contributed by atoms with Crippen LogP contribution in [0, 0.1) is 12.3 Å². The quantitative estimate of drug-likeness (QED) is 0.310. The first-order valence-electron chi connectivity index (χ1n) is 7.61. The third-order valence-electron chi connectivity index (χ3n) is 3.18. The van der Waals surface area contributed by atoms with Gasteiger partial charge in [-0.05, 0) is 33.6 Å². The lowest BCUT2D eigenvalue weighted by Crippen LogP contribution is -2.06. The van der Waals surface area contributed by atoms with Crippen molar-refractivity contribution in [3.63, 3.8) is 0 Å². The predicted molar refractivity (Wildman–Crippen MR) is 112 cm³/mol. The van der Waals surface area contributed by atoms with Crippen LogP contribution in [0.25, 0.3) is 0 Å². The monoisotopic (exact) mass is 431 g/mol. The van der Waals surface area contributed by atoms with Gasteiger partial charge in [0.2, 0.25) is 0 Å². The second-order valence-corrected chi connectivity index (χ2v) is 6.82. The van der Waals surface area contributed by atoms with E-state index in [9.17, 15) is 0 Å². The van der Waals surface area contributed by atoms with E-state index in [1.54, 1.807) is 25.5 Å². The van der Waals surface area contributed by atoms with Crippen LogP contribution < -0.4 is 15.2 Å². The Balaban J connectivity index is 2.03. The molecule has 134 valence electrons. The molecule has 0 aliphatic rings. The summed E-state index contributed by atoms with van der Waals surface area (Å²) in [6.07, 6.45) is 6.81. The Kier molecular flexibility index (Phi) is 8.06. The van der Waals surface area contributed by atoms with Gasteiger partial charge < -0.3 is 15.2 Å². The van der Waals surface area contributed by atoms with Crippen LogP contribution in [-0.4, -0.2) is 25.1 Å². The molecule has 2 aromatic rings. The number of halogens is 1. The van der Waals surface area contributed by atoms with E-state index in [4.69, 9.17) is 21.6 Å². The van der Waals surface area contributed by atoms with Gasteiger partial charge in [0.15, 0.2) is 16.7 Å². The third kappa shape index (κ3) is 6.14. The van der Waals surface area contributed by atoms with Gasteiger partial charge in [0.25, 0.3) is 0 Å². The molecule has 0 radical (unpaired) electrons. The van der Waals surface area contributed by atoms with Crippen LogP contribution >= 0.6 is 27.7 Å². The van der Waals surface area contributed by atoms with E-state index >= 15 is 0 Å². The summed E-state index contributed by atoms with van der Waals surface area (Å²) in [5, 5.41) is 8.44. The summed E-state index contributed by atoms with van der Waals surface area (Å²) in [6, 6.07) is 13.6. The summed E-state index contributed by atoms with van der Waals surface area (Å²) >= 11 is 4.89. The highest BCUT2D eigenvalue weighted by Crippen LogP contribution is 2.32. The van der Waals surface area contributed by atoms with Crippen molar-refractivity contribution < 1.29 is 9.47 Å². The molecule has 0 aliphatic heterocycles. The van der Waals surface area contributed by atoms with Gasteiger partial charge in [-0.3, -0.25) is 0 Å². The van der Waals surface area contributed by atoms with Crippen molar-refractivity contribution in [3.8, 4) is 23.8 Å². The molecule has 0 spiro atoms. The molecule has 0 saturated heterocycles. The van der Waals surface area contributed by atoms with E-state index in [1.165, 1.54) is 17.3 Å². The Labute approximate surface area is 165 Å². The number of hydrogen-bond acceptors (Lipinski definition) is 5. The number of thioether (sulfide) groups is 1. The van der Waals surface area contributed by atoms with Gasteiger partial charge in [-0.15, -0.1) is 11.5 Å². The van der Waals surface area contributed by atoms with Crippen LogP contribution in [0.4, 0.5) is 0 Å². The van der Waals surface area contributed by atoms with Crippen molar-refractivity contribution in [1.82, 2.24) is 0 Å². The molecular weight excluding hydrogens is 414 g/mol. The smallest absolute Gasteiger partial charge is 0.180 e. The second-order valence-electron chi connectivity index (χ2n) is 4.97. The van der Waals surface area contributed by atoms with Crippen molar-refractivity contribution in [3.05, 3.63) is 58.1 Å². The van der Waals surface area contributed by atoms with Crippen molar-refractivity contribution in [2.75, 3.05) is 13.7 Å². The highest BCUT2D eigenvalue weighted by Gasteiger charge is 2.09. The topological polar surface area (TPSA) is 69.2 Å². The van der Waals surface area contributed by atoms with Gasteiger partial charge in [0, 0.05) is 15.8 Å². The minimum absolute atomic E-state index is 0.162. The van der Waals surface area contributed by atoms with E-state index in [-0.39, 0.29) is 6.61 Å². The maximum atomic E-state index is 5.88. The first kappa shape index (κ1) is 19.9. The molecule has 26 heavy (non-hydrogen) atoms. The molecule has 0 fully saturated rings. The molecule has 0 aliphatic carbocycles. The normalized spacial score (nSPS) is 11.3. The summed E-state index contributed by atoms with van der Waals surface area (Å²) in [5.74, 6) is 4.27. The Morgan fingerprint density at radius 2 is 2.08 bits per heavy atom. The van der Waals surface area contributed by atoms with Crippen molar-refractivity contribution in [1.29, 1.82) is 0 Å². The predicted octanol–water partition coefficient (Wildman–Crippen LogP) is 4.05. The molecular formula is C19H18BrN3O2S. The fourth-order valence-corrected chi connectivity index (χ4v) is 2.99. The summed E-state index contributed by atoms with van der Waals surface area (Å²) in [7, 11) is 1.56. The molecule has 5 nitrogen and oxygen atoms in total. The summed E-state index contributed by atoms with van der Waals surface area (Å²) in [6.45, 7) is 0.162. The molecule has 2 rings (SSSR count). The number of ether oxygens (including phenoxy) is 2. The number of amidine groups is 1. The number of terminal acetylenes is 1. The summed E-state index contributed by atoms with van der Waals surface area (Å²) in [5.41, 5.74) is 7.84. The molecule has 0 atom stereocenters. The van der Waals surface area contributed by atoms with Crippen LogP contribution in [0.1, 0.15) is 11.1 Å². The SMILES string of the molecule is C#CCOc1cc(Br)c(C=NN=C(N)SCc2ccccc2)cc1OC. The lowest BCUT2D eigenvalue weighted by Gasteiger charge is -2.10. The van der Waals surface area contributed by atoms with Gasteiger partial charge in [-0.2, -0.15) is 5.10 Å². The van der Waals surface area contributed by atoms with E-state index < -0.39 is 0 Å². The highest BCUT2D eigenvalue weighted by atomic mass is 79.9. The Bertz CT molecular complexity index is 833. The first-order chi connectivity index (χ1) is 12.6. The largest absolute Gasteiger partial charge is 0.493 e. The van der Waals surface area contributed by atoms with E-state index in [0.29, 0.717) is 16.7 Å². The first-order valence-corrected chi connectivity index (χ1v) is 9.39. The van der Waals surface area contributed by atoms with E-state index in [0.717, 1.165) is 15.8 Å². The average molecular weight is 432 g/mol. The average Bonchev–Trinajstić information content (AvgIpc) is 2.66. The van der Waals surface area contributed by atoms with Crippen LogP contribution in [0.5, 0.6) is 11.5 Å².